The van der Waals surface area contributed by atoms with Gasteiger partial charge in [0.2, 0.25) is 5.82 Å². The Morgan fingerprint density at radius 1 is 1.16 bits per heavy atom. The van der Waals surface area contributed by atoms with Gasteiger partial charge >= 0.3 is 11.7 Å². The van der Waals surface area contributed by atoms with Crippen molar-refractivity contribution in [2.24, 2.45) is 0 Å². The number of rotatable bonds is 7. The molecule has 10 nitrogen and oxygen atoms in total. The predicted molar refractivity (Wildman–Crippen MR) is 108 cm³/mol. The molecule has 0 spiro atoms. The Bertz CT molecular complexity index is 1150. The summed E-state index contributed by atoms with van der Waals surface area (Å²) in [5.41, 5.74) is 0.480. The lowest BCUT2D eigenvalue weighted by Gasteiger charge is -2.16. The summed E-state index contributed by atoms with van der Waals surface area (Å²) < 4.78 is 18.4. The van der Waals surface area contributed by atoms with Crippen LogP contribution in [0.15, 0.2) is 36.4 Å². The van der Waals surface area contributed by atoms with Crippen LogP contribution < -0.4 is 5.32 Å². The molecular weight excluding hydrogens is 425 g/mol. The van der Waals surface area contributed by atoms with Crippen molar-refractivity contribution in [3.05, 3.63) is 69.0 Å². The van der Waals surface area contributed by atoms with E-state index in [9.17, 15) is 33.7 Å². The van der Waals surface area contributed by atoms with Crippen LogP contribution in [0.4, 0.5) is 15.8 Å². The van der Waals surface area contributed by atoms with E-state index in [4.69, 9.17) is 4.74 Å². The Labute approximate surface area is 181 Å². The number of nitrogens with one attached hydrogen (secondary N) is 1. The topological polar surface area (TPSA) is 136 Å². The van der Waals surface area contributed by atoms with Gasteiger partial charge in [-0.1, -0.05) is 11.6 Å². The fraction of sp³-hybridized carbons (Fsp3) is 0.238. The van der Waals surface area contributed by atoms with Gasteiger partial charge in [-0.25, -0.2) is 0 Å². The van der Waals surface area contributed by atoms with Crippen LogP contribution in [0.25, 0.3) is 0 Å². The van der Waals surface area contributed by atoms with E-state index in [1.54, 1.807) is 25.1 Å². The molecule has 1 N–H and O–H groups in total. The highest BCUT2D eigenvalue weighted by molar-refractivity contribution is 6.21. The van der Waals surface area contributed by atoms with Crippen molar-refractivity contribution in [1.29, 1.82) is 0 Å². The number of carbonyl (C=O) groups excluding carboxylic acids is 4. The fourth-order valence-electron chi connectivity index (χ4n) is 3.09. The third-order valence-electron chi connectivity index (χ3n) is 4.75. The summed E-state index contributed by atoms with van der Waals surface area (Å²) in [5.74, 6) is -3.71. The van der Waals surface area contributed by atoms with Crippen molar-refractivity contribution in [2.75, 3.05) is 11.9 Å². The van der Waals surface area contributed by atoms with Gasteiger partial charge in [0.05, 0.1) is 22.5 Å². The second-order valence-corrected chi connectivity index (χ2v) is 7.11. The molecule has 1 atom stereocenters. The Hall–Kier alpha value is -4.15. The molecule has 11 heteroatoms. The normalized spacial score (nSPS) is 13.5. The lowest BCUT2D eigenvalue weighted by molar-refractivity contribution is -0.387. The fourth-order valence-corrected chi connectivity index (χ4v) is 3.09. The molecule has 0 fully saturated rings. The molecule has 32 heavy (non-hydrogen) atoms. The van der Waals surface area contributed by atoms with E-state index in [2.05, 4.69) is 5.32 Å². The summed E-state index contributed by atoms with van der Waals surface area (Å²) in [6.45, 7) is 2.84. The number of esters is 1. The number of aryl methyl sites for hydroxylation is 1. The zero-order valence-electron chi connectivity index (χ0n) is 17.1. The summed E-state index contributed by atoms with van der Waals surface area (Å²) in [7, 11) is 0. The maximum atomic E-state index is 13.4. The molecule has 0 radical (unpaired) electrons. The number of fused-ring (bicyclic) bond motifs is 1. The van der Waals surface area contributed by atoms with Gasteiger partial charge in [-0.15, -0.1) is 0 Å². The van der Waals surface area contributed by atoms with Gasteiger partial charge in [0.15, 0.2) is 6.10 Å². The SMILES string of the molecule is Cc1ccc2c(c1)C(=O)N(CCC(=O)OC(C)C(=O)Nc1ccc(F)c([N+](=O)[O-])c1)C2=O. The van der Waals surface area contributed by atoms with E-state index in [1.807, 2.05) is 0 Å². The smallest absolute Gasteiger partial charge is 0.308 e. The van der Waals surface area contributed by atoms with Crippen LogP contribution in [0.5, 0.6) is 0 Å². The van der Waals surface area contributed by atoms with E-state index in [0.717, 1.165) is 28.7 Å². The van der Waals surface area contributed by atoms with Crippen LogP contribution in [0, 0.1) is 22.9 Å². The van der Waals surface area contributed by atoms with Crippen LogP contribution in [0.3, 0.4) is 0 Å². The Morgan fingerprint density at radius 2 is 1.84 bits per heavy atom. The number of carbonyl (C=O) groups is 4. The van der Waals surface area contributed by atoms with E-state index >= 15 is 0 Å². The summed E-state index contributed by atoms with van der Waals surface area (Å²) in [5, 5.41) is 13.1. The number of nitrogens with zero attached hydrogens (tertiary/aromatic N) is 2. The number of anilines is 1. The lowest BCUT2D eigenvalue weighted by Crippen LogP contribution is -2.34. The number of imide groups is 1. The third-order valence-corrected chi connectivity index (χ3v) is 4.75. The number of nitro benzene ring substituents is 1. The van der Waals surface area contributed by atoms with E-state index < -0.39 is 46.2 Å². The quantitative estimate of drug-likeness (QED) is 0.301. The molecule has 2 aromatic rings. The van der Waals surface area contributed by atoms with Gasteiger partial charge in [0.25, 0.3) is 17.7 Å². The van der Waals surface area contributed by atoms with Crippen molar-refractivity contribution < 1.29 is 33.2 Å². The zero-order valence-corrected chi connectivity index (χ0v) is 17.1. The molecule has 166 valence electrons. The maximum absolute atomic E-state index is 13.4. The van der Waals surface area contributed by atoms with Gasteiger partial charge < -0.3 is 10.1 Å². The highest BCUT2D eigenvalue weighted by Crippen LogP contribution is 2.24. The van der Waals surface area contributed by atoms with E-state index in [0.29, 0.717) is 0 Å². The molecule has 3 amide bonds. The Morgan fingerprint density at radius 3 is 2.53 bits per heavy atom. The zero-order chi connectivity index (χ0) is 23.6. The second-order valence-electron chi connectivity index (χ2n) is 7.11. The summed E-state index contributed by atoms with van der Waals surface area (Å²) in [4.78, 5) is 59.9. The molecule has 1 aliphatic rings. The molecule has 1 unspecified atom stereocenters. The lowest BCUT2D eigenvalue weighted by atomic mass is 10.1. The first-order valence-corrected chi connectivity index (χ1v) is 9.49. The molecule has 0 aliphatic carbocycles. The van der Waals surface area contributed by atoms with Crippen molar-refractivity contribution >= 4 is 35.1 Å². The molecule has 3 rings (SSSR count). The average Bonchev–Trinajstić information content (AvgIpc) is 2.96. The maximum Gasteiger partial charge on any atom is 0.308 e. The Kier molecular flexibility index (Phi) is 6.28. The molecule has 2 aromatic carbocycles. The number of hydrogen-bond acceptors (Lipinski definition) is 7. The van der Waals surface area contributed by atoms with E-state index in [-0.39, 0.29) is 29.8 Å². The molecule has 1 aliphatic heterocycles. The third kappa shape index (κ3) is 4.61. The number of benzene rings is 2. The average molecular weight is 443 g/mol. The van der Waals surface area contributed by atoms with Gasteiger partial charge in [-0.3, -0.25) is 34.2 Å². The minimum Gasteiger partial charge on any atom is -0.452 e. The highest BCUT2D eigenvalue weighted by atomic mass is 19.1. The predicted octanol–water partition coefficient (Wildman–Crippen LogP) is 2.60. The van der Waals surface area contributed by atoms with Crippen LogP contribution in [0.1, 0.15) is 39.6 Å². The number of amides is 3. The standard InChI is InChI=1S/C21H18FN3O7/c1-11-3-5-14-15(9-11)21(29)24(20(14)28)8-7-18(26)32-12(2)19(27)23-13-4-6-16(22)17(10-13)25(30)31/h3-6,9-10,12H,7-8H2,1-2H3,(H,23,27). The van der Waals surface area contributed by atoms with Gasteiger partial charge in [0.1, 0.15) is 0 Å². The first kappa shape index (κ1) is 22.5. The molecule has 0 bridgehead atoms. The molecule has 1 heterocycles. The number of hydrogen-bond donors (Lipinski definition) is 1. The monoisotopic (exact) mass is 443 g/mol. The second kappa shape index (κ2) is 8.92. The molecular formula is C21H18FN3O7. The Balaban J connectivity index is 1.54. The first-order chi connectivity index (χ1) is 15.1. The van der Waals surface area contributed by atoms with Crippen LogP contribution in [0.2, 0.25) is 0 Å². The minimum atomic E-state index is -1.28. The van der Waals surface area contributed by atoms with Crippen molar-refractivity contribution in [1.82, 2.24) is 4.90 Å². The number of ether oxygens (including phenoxy) is 1. The molecule has 0 saturated carbocycles. The van der Waals surface area contributed by atoms with Crippen LogP contribution in [-0.4, -0.2) is 46.2 Å². The minimum absolute atomic E-state index is 0.0488. The largest absolute Gasteiger partial charge is 0.452 e. The van der Waals surface area contributed by atoms with Gasteiger partial charge in [0, 0.05) is 18.3 Å². The highest BCUT2D eigenvalue weighted by Gasteiger charge is 2.35. The van der Waals surface area contributed by atoms with Gasteiger partial charge in [-0.05, 0) is 38.1 Å². The summed E-state index contributed by atoms with van der Waals surface area (Å²) in [6, 6.07) is 7.64. The van der Waals surface area contributed by atoms with Crippen molar-refractivity contribution in [3.8, 4) is 0 Å². The van der Waals surface area contributed by atoms with Gasteiger partial charge in [-0.2, -0.15) is 4.39 Å². The first-order valence-electron chi connectivity index (χ1n) is 9.49. The van der Waals surface area contributed by atoms with Crippen molar-refractivity contribution in [3.63, 3.8) is 0 Å². The van der Waals surface area contributed by atoms with Crippen LogP contribution in [-0.2, 0) is 14.3 Å². The number of halogens is 1. The van der Waals surface area contributed by atoms with E-state index in [1.165, 1.54) is 6.92 Å². The van der Waals surface area contributed by atoms with Crippen molar-refractivity contribution in [2.45, 2.75) is 26.4 Å². The molecule has 0 saturated heterocycles. The summed E-state index contributed by atoms with van der Waals surface area (Å²) in [6.07, 6.45) is -1.61. The summed E-state index contributed by atoms with van der Waals surface area (Å²) >= 11 is 0. The number of nitro groups is 1. The van der Waals surface area contributed by atoms with Crippen LogP contribution >= 0.6 is 0 Å². The molecule has 0 aromatic heterocycles.